The molecule has 0 atom stereocenters. The van der Waals surface area contributed by atoms with Crippen LogP contribution in [0.4, 0.5) is 0 Å². The van der Waals surface area contributed by atoms with Crippen molar-refractivity contribution in [2.75, 3.05) is 14.1 Å². The summed E-state index contributed by atoms with van der Waals surface area (Å²) >= 11 is 1.47. The Morgan fingerprint density at radius 3 is 2.74 bits per heavy atom. The second-order valence-corrected chi connectivity index (χ2v) is 5.05. The van der Waals surface area contributed by atoms with E-state index in [1.54, 1.807) is 29.8 Å². The summed E-state index contributed by atoms with van der Waals surface area (Å²) in [6.07, 6.45) is 3.51. The van der Waals surface area contributed by atoms with E-state index in [1.165, 1.54) is 17.4 Å². The lowest BCUT2D eigenvalue weighted by Crippen LogP contribution is -2.12. The van der Waals surface area contributed by atoms with Crippen LogP contribution in [0.5, 0.6) is 0 Å². The summed E-state index contributed by atoms with van der Waals surface area (Å²) in [5.41, 5.74) is 1.44. The van der Waals surface area contributed by atoms with Gasteiger partial charge in [-0.05, 0) is 23.6 Å². The molecule has 2 aromatic rings. The maximum Gasteiger partial charge on any atom is 0.248 e. The molecule has 1 N–H and O–H groups in total. The zero-order valence-electron chi connectivity index (χ0n) is 10.7. The average molecular weight is 274 g/mol. The maximum atomic E-state index is 12.3. The van der Waals surface area contributed by atoms with Crippen molar-refractivity contribution in [3.8, 4) is 0 Å². The summed E-state index contributed by atoms with van der Waals surface area (Å²) in [6, 6.07) is 4.71. The highest BCUT2D eigenvalue weighted by atomic mass is 32.1. The Kier molecular flexibility index (Phi) is 3.97. The van der Waals surface area contributed by atoms with Crippen molar-refractivity contribution in [1.29, 1.82) is 0 Å². The Morgan fingerprint density at radius 1 is 1.32 bits per heavy atom. The van der Waals surface area contributed by atoms with Crippen molar-refractivity contribution in [3.05, 3.63) is 62.3 Å². The van der Waals surface area contributed by atoms with Crippen LogP contribution in [0.25, 0.3) is 6.08 Å². The molecule has 0 aliphatic rings. The van der Waals surface area contributed by atoms with Crippen LogP contribution in [0.3, 0.4) is 0 Å². The van der Waals surface area contributed by atoms with Gasteiger partial charge in [-0.25, -0.2) is 0 Å². The molecule has 5 heteroatoms. The number of H-pyrrole nitrogens is 1. The zero-order chi connectivity index (χ0) is 13.8. The fraction of sp³-hybridized carbons (Fsp3) is 0.143. The summed E-state index contributed by atoms with van der Waals surface area (Å²) < 4.78 is 0. The number of pyridine rings is 1. The van der Waals surface area contributed by atoms with Crippen LogP contribution in [0.2, 0.25) is 0 Å². The fourth-order valence-electron chi connectivity index (χ4n) is 1.59. The van der Waals surface area contributed by atoms with Gasteiger partial charge in [0.25, 0.3) is 0 Å². The number of nitrogens with one attached hydrogen (secondary N) is 1. The molecule has 0 unspecified atom stereocenters. The molecule has 0 saturated heterocycles. The van der Waals surface area contributed by atoms with Gasteiger partial charge in [0, 0.05) is 42.9 Å². The van der Waals surface area contributed by atoms with Crippen LogP contribution in [-0.2, 0) is 0 Å². The van der Waals surface area contributed by atoms with E-state index in [2.05, 4.69) is 4.98 Å². The molecule has 19 heavy (non-hydrogen) atoms. The van der Waals surface area contributed by atoms with Crippen molar-refractivity contribution in [1.82, 2.24) is 9.88 Å². The first-order valence-corrected chi connectivity index (χ1v) is 6.67. The van der Waals surface area contributed by atoms with Crippen LogP contribution in [0.1, 0.15) is 21.6 Å². The van der Waals surface area contributed by atoms with E-state index in [0.29, 0.717) is 16.8 Å². The topological polar surface area (TPSA) is 53.2 Å². The van der Waals surface area contributed by atoms with Gasteiger partial charge in [-0.15, -0.1) is 0 Å². The number of ketones is 1. The lowest BCUT2D eigenvalue weighted by atomic mass is 10.0. The molecule has 0 aromatic carbocycles. The summed E-state index contributed by atoms with van der Waals surface area (Å²) in [7, 11) is 3.75. The third-order valence-electron chi connectivity index (χ3n) is 2.52. The van der Waals surface area contributed by atoms with Crippen molar-refractivity contribution in [2.24, 2.45) is 0 Å². The summed E-state index contributed by atoms with van der Waals surface area (Å²) in [6.45, 7) is 0. The van der Waals surface area contributed by atoms with Gasteiger partial charge >= 0.3 is 0 Å². The van der Waals surface area contributed by atoms with Gasteiger partial charge in [-0.1, -0.05) is 0 Å². The number of aromatic amines is 1. The Labute approximate surface area is 115 Å². The highest BCUT2D eigenvalue weighted by molar-refractivity contribution is 7.08. The molecule has 0 radical (unpaired) electrons. The molecule has 0 saturated carbocycles. The standard InChI is InChI=1S/C14H14N2O2S/c1-16(2)7-5-12-11(3-4-13(17)15-12)14(18)10-6-8-19-9-10/h3-9H,1-2H3,(H,15,17). The Bertz CT molecular complexity index is 654. The third kappa shape index (κ3) is 3.20. The summed E-state index contributed by atoms with van der Waals surface area (Å²) in [5, 5.41) is 3.65. The lowest BCUT2D eigenvalue weighted by molar-refractivity contribution is 0.103. The minimum Gasteiger partial charge on any atom is -0.383 e. The van der Waals surface area contributed by atoms with Gasteiger partial charge in [0.05, 0.1) is 5.69 Å². The second kappa shape index (κ2) is 5.67. The van der Waals surface area contributed by atoms with Gasteiger partial charge in [0.1, 0.15) is 0 Å². The first kappa shape index (κ1) is 13.3. The number of hydrogen-bond acceptors (Lipinski definition) is 4. The van der Waals surface area contributed by atoms with E-state index in [4.69, 9.17) is 0 Å². The molecule has 0 fully saturated rings. The highest BCUT2D eigenvalue weighted by Gasteiger charge is 2.13. The molecular formula is C14H14N2O2S. The van der Waals surface area contributed by atoms with Crippen LogP contribution in [-0.4, -0.2) is 29.8 Å². The fourth-order valence-corrected chi connectivity index (χ4v) is 2.23. The predicted octanol–water partition coefficient (Wildman–Crippen LogP) is 2.20. The molecule has 0 aliphatic heterocycles. The molecule has 4 nitrogen and oxygen atoms in total. The number of rotatable bonds is 4. The van der Waals surface area contributed by atoms with Gasteiger partial charge in [0.15, 0.2) is 5.78 Å². The second-order valence-electron chi connectivity index (χ2n) is 4.27. The number of hydrogen-bond donors (Lipinski definition) is 1. The molecule has 98 valence electrons. The summed E-state index contributed by atoms with van der Waals surface area (Å²) in [4.78, 5) is 28.2. The van der Waals surface area contributed by atoms with Gasteiger partial charge in [0.2, 0.25) is 5.56 Å². The van der Waals surface area contributed by atoms with E-state index in [-0.39, 0.29) is 11.3 Å². The smallest absolute Gasteiger partial charge is 0.248 e. The van der Waals surface area contributed by atoms with Crippen molar-refractivity contribution < 1.29 is 4.79 Å². The monoisotopic (exact) mass is 274 g/mol. The maximum absolute atomic E-state index is 12.3. The van der Waals surface area contributed by atoms with E-state index in [1.807, 2.05) is 24.4 Å². The molecule has 0 spiro atoms. The van der Waals surface area contributed by atoms with Gasteiger partial charge in [-0.3, -0.25) is 9.59 Å². The molecule has 0 amide bonds. The van der Waals surface area contributed by atoms with Crippen molar-refractivity contribution in [3.63, 3.8) is 0 Å². The Hall–Kier alpha value is -2.14. The normalized spacial score (nSPS) is 10.8. The lowest BCUT2D eigenvalue weighted by Gasteiger charge is -2.06. The zero-order valence-corrected chi connectivity index (χ0v) is 11.5. The number of carbonyl (C=O) groups is 1. The van der Waals surface area contributed by atoms with E-state index < -0.39 is 0 Å². The molecule has 2 rings (SSSR count). The quantitative estimate of drug-likeness (QED) is 0.870. The Balaban J connectivity index is 2.45. The Morgan fingerprint density at radius 2 is 2.11 bits per heavy atom. The summed E-state index contributed by atoms with van der Waals surface area (Å²) in [5.74, 6) is -0.0871. The van der Waals surface area contributed by atoms with Gasteiger partial charge in [-0.2, -0.15) is 11.3 Å². The molecule has 0 aliphatic carbocycles. The first-order valence-electron chi connectivity index (χ1n) is 5.73. The molecule has 2 heterocycles. The third-order valence-corrected chi connectivity index (χ3v) is 3.20. The average Bonchev–Trinajstić information content (AvgIpc) is 2.89. The number of nitrogens with zero attached hydrogens (tertiary/aromatic N) is 1. The van der Waals surface area contributed by atoms with E-state index in [0.717, 1.165) is 0 Å². The van der Waals surface area contributed by atoms with Crippen molar-refractivity contribution >= 4 is 23.2 Å². The number of aromatic nitrogens is 1. The molecular weight excluding hydrogens is 260 g/mol. The van der Waals surface area contributed by atoms with E-state index in [9.17, 15) is 9.59 Å². The SMILES string of the molecule is CN(C)C=Cc1[nH]c(=O)ccc1C(=O)c1ccsc1. The molecule has 0 bridgehead atoms. The van der Waals surface area contributed by atoms with E-state index >= 15 is 0 Å². The number of thiophene rings is 1. The predicted molar refractivity (Wildman–Crippen MR) is 77.5 cm³/mol. The van der Waals surface area contributed by atoms with Crippen LogP contribution >= 0.6 is 11.3 Å². The van der Waals surface area contributed by atoms with Crippen molar-refractivity contribution in [2.45, 2.75) is 0 Å². The van der Waals surface area contributed by atoms with Gasteiger partial charge < -0.3 is 9.88 Å². The number of carbonyl (C=O) groups excluding carboxylic acids is 1. The molecule has 2 aromatic heterocycles. The van der Waals surface area contributed by atoms with Crippen LogP contribution < -0.4 is 5.56 Å². The van der Waals surface area contributed by atoms with Crippen LogP contribution in [0.15, 0.2) is 40.0 Å². The highest BCUT2D eigenvalue weighted by Crippen LogP contribution is 2.15. The minimum absolute atomic E-state index is 0.0871. The van der Waals surface area contributed by atoms with Crippen LogP contribution in [0, 0.1) is 0 Å². The first-order chi connectivity index (χ1) is 9.08. The minimum atomic E-state index is -0.222. The largest absolute Gasteiger partial charge is 0.383 e.